The van der Waals surface area contributed by atoms with Gasteiger partial charge in [0.05, 0.1) is 0 Å². The standard InChI is InChI=1S/C7H12IN/c1-9-5-2-3-7(8)4-6-9/h2-3,7H,4-6H2,1H3. The molecule has 0 amide bonds. The fourth-order valence-electron chi connectivity index (χ4n) is 0.920. The molecule has 0 spiro atoms. The Kier molecular flexibility index (Phi) is 2.98. The Balaban J connectivity index is 2.39. The molecule has 0 bridgehead atoms. The molecule has 1 heterocycles. The predicted octanol–water partition coefficient (Wildman–Crippen LogP) is 1.68. The van der Waals surface area contributed by atoms with E-state index in [0.29, 0.717) is 0 Å². The van der Waals surface area contributed by atoms with Crippen LogP contribution in [0.1, 0.15) is 6.42 Å². The van der Waals surface area contributed by atoms with Crippen molar-refractivity contribution in [2.24, 2.45) is 0 Å². The smallest absolute Gasteiger partial charge is 0.0302 e. The average molecular weight is 237 g/mol. The first-order chi connectivity index (χ1) is 4.29. The van der Waals surface area contributed by atoms with Crippen molar-refractivity contribution in [1.82, 2.24) is 4.90 Å². The third kappa shape index (κ3) is 2.67. The number of halogens is 1. The molecule has 0 aromatic carbocycles. The third-order valence-corrected chi connectivity index (χ3v) is 2.59. The largest absolute Gasteiger partial charge is 0.303 e. The Hall–Kier alpha value is 0.430. The molecule has 9 heavy (non-hydrogen) atoms. The molecule has 0 fully saturated rings. The number of likely N-dealkylation sites (N-methyl/N-ethyl adjacent to an activating group) is 1. The van der Waals surface area contributed by atoms with Crippen LogP contribution in [0.3, 0.4) is 0 Å². The lowest BCUT2D eigenvalue weighted by molar-refractivity contribution is 0.375. The van der Waals surface area contributed by atoms with Crippen LogP contribution in [0.4, 0.5) is 0 Å². The average Bonchev–Trinajstić information content (AvgIpc) is 1.97. The maximum Gasteiger partial charge on any atom is 0.0302 e. The zero-order valence-corrected chi connectivity index (χ0v) is 7.84. The van der Waals surface area contributed by atoms with E-state index < -0.39 is 0 Å². The molecule has 52 valence electrons. The molecule has 1 aliphatic heterocycles. The molecule has 1 unspecified atom stereocenters. The third-order valence-electron chi connectivity index (χ3n) is 1.55. The highest BCUT2D eigenvalue weighted by molar-refractivity contribution is 14.1. The van der Waals surface area contributed by atoms with Gasteiger partial charge in [-0.1, -0.05) is 34.7 Å². The lowest BCUT2D eigenvalue weighted by atomic mass is 10.3. The van der Waals surface area contributed by atoms with Crippen LogP contribution >= 0.6 is 22.6 Å². The molecule has 1 nitrogen and oxygen atoms in total. The van der Waals surface area contributed by atoms with Crippen LogP contribution in [-0.4, -0.2) is 29.0 Å². The van der Waals surface area contributed by atoms with Gasteiger partial charge in [-0.2, -0.15) is 0 Å². The summed E-state index contributed by atoms with van der Waals surface area (Å²) in [6, 6.07) is 0. The van der Waals surface area contributed by atoms with Gasteiger partial charge >= 0.3 is 0 Å². The molecule has 2 heteroatoms. The van der Waals surface area contributed by atoms with Crippen LogP contribution in [0.2, 0.25) is 0 Å². The summed E-state index contributed by atoms with van der Waals surface area (Å²) in [6.45, 7) is 2.36. The minimum Gasteiger partial charge on any atom is -0.303 e. The Labute approximate surface area is 70.3 Å². The van der Waals surface area contributed by atoms with Gasteiger partial charge in [-0.3, -0.25) is 0 Å². The summed E-state index contributed by atoms with van der Waals surface area (Å²) in [6.07, 6.45) is 5.85. The van der Waals surface area contributed by atoms with Crippen LogP contribution in [0.5, 0.6) is 0 Å². The zero-order chi connectivity index (χ0) is 6.69. The summed E-state index contributed by atoms with van der Waals surface area (Å²) in [5.74, 6) is 0. The quantitative estimate of drug-likeness (QED) is 0.352. The number of allylic oxidation sites excluding steroid dienone is 1. The van der Waals surface area contributed by atoms with Crippen molar-refractivity contribution in [3.05, 3.63) is 12.2 Å². The Morgan fingerprint density at radius 2 is 2.44 bits per heavy atom. The highest BCUT2D eigenvalue weighted by atomic mass is 127. The molecular weight excluding hydrogens is 225 g/mol. The fourth-order valence-corrected chi connectivity index (χ4v) is 1.49. The summed E-state index contributed by atoms with van der Waals surface area (Å²) in [7, 11) is 2.17. The Bertz CT molecular complexity index is 111. The highest BCUT2D eigenvalue weighted by Gasteiger charge is 2.04. The number of hydrogen-bond donors (Lipinski definition) is 0. The van der Waals surface area contributed by atoms with Gasteiger partial charge in [-0.05, 0) is 20.0 Å². The lowest BCUT2D eigenvalue weighted by Crippen LogP contribution is -2.18. The second kappa shape index (κ2) is 3.56. The summed E-state index contributed by atoms with van der Waals surface area (Å²) in [5, 5.41) is 0. The molecule has 0 aromatic rings. The Morgan fingerprint density at radius 1 is 1.67 bits per heavy atom. The topological polar surface area (TPSA) is 3.24 Å². The van der Waals surface area contributed by atoms with E-state index in [0.717, 1.165) is 10.5 Å². The van der Waals surface area contributed by atoms with Crippen molar-refractivity contribution in [2.45, 2.75) is 10.3 Å². The molecule has 0 aromatic heterocycles. The van der Waals surface area contributed by atoms with Gasteiger partial charge < -0.3 is 4.90 Å². The fraction of sp³-hybridized carbons (Fsp3) is 0.714. The molecule has 1 aliphatic rings. The number of alkyl halides is 1. The van der Waals surface area contributed by atoms with Gasteiger partial charge in [0, 0.05) is 10.5 Å². The predicted molar refractivity (Wildman–Crippen MR) is 49.1 cm³/mol. The zero-order valence-electron chi connectivity index (χ0n) is 5.68. The monoisotopic (exact) mass is 237 g/mol. The summed E-state index contributed by atoms with van der Waals surface area (Å²) >= 11 is 2.48. The van der Waals surface area contributed by atoms with Crippen LogP contribution in [0, 0.1) is 0 Å². The molecule has 0 N–H and O–H groups in total. The molecule has 0 radical (unpaired) electrons. The molecular formula is C7H12IN. The van der Waals surface area contributed by atoms with Gasteiger partial charge in [0.2, 0.25) is 0 Å². The first-order valence-electron chi connectivity index (χ1n) is 3.28. The van der Waals surface area contributed by atoms with E-state index in [9.17, 15) is 0 Å². The first-order valence-corrected chi connectivity index (χ1v) is 4.53. The van der Waals surface area contributed by atoms with Crippen LogP contribution in [-0.2, 0) is 0 Å². The van der Waals surface area contributed by atoms with Crippen LogP contribution < -0.4 is 0 Å². The van der Waals surface area contributed by atoms with E-state index in [2.05, 4.69) is 46.7 Å². The summed E-state index contributed by atoms with van der Waals surface area (Å²) in [4.78, 5) is 2.34. The second-order valence-electron chi connectivity index (χ2n) is 2.50. The number of rotatable bonds is 0. The van der Waals surface area contributed by atoms with E-state index in [4.69, 9.17) is 0 Å². The first kappa shape index (κ1) is 7.54. The van der Waals surface area contributed by atoms with Crippen LogP contribution in [0.15, 0.2) is 12.2 Å². The van der Waals surface area contributed by atoms with Gasteiger partial charge in [-0.25, -0.2) is 0 Å². The Morgan fingerprint density at radius 3 is 3.22 bits per heavy atom. The van der Waals surface area contributed by atoms with E-state index in [1.807, 2.05) is 0 Å². The normalized spacial score (nSPS) is 30.2. The lowest BCUT2D eigenvalue weighted by Gasteiger charge is -2.10. The highest BCUT2D eigenvalue weighted by Crippen LogP contribution is 2.10. The SMILES string of the molecule is CN1CC=CC(I)CC1. The maximum absolute atomic E-state index is 2.48. The molecule has 0 saturated heterocycles. The van der Waals surface area contributed by atoms with E-state index in [-0.39, 0.29) is 0 Å². The van der Waals surface area contributed by atoms with Crippen molar-refractivity contribution in [3.63, 3.8) is 0 Å². The maximum atomic E-state index is 2.48. The number of hydrogen-bond acceptors (Lipinski definition) is 1. The van der Waals surface area contributed by atoms with Gasteiger partial charge in [0.1, 0.15) is 0 Å². The minimum atomic E-state index is 0.757. The van der Waals surface area contributed by atoms with Crippen LogP contribution in [0.25, 0.3) is 0 Å². The van der Waals surface area contributed by atoms with Crippen molar-refractivity contribution in [3.8, 4) is 0 Å². The molecule has 1 atom stereocenters. The molecule has 0 saturated carbocycles. The minimum absolute atomic E-state index is 0.757. The molecule has 1 rings (SSSR count). The van der Waals surface area contributed by atoms with Crippen molar-refractivity contribution in [2.75, 3.05) is 20.1 Å². The van der Waals surface area contributed by atoms with Gasteiger partial charge in [0.15, 0.2) is 0 Å². The van der Waals surface area contributed by atoms with E-state index in [1.165, 1.54) is 13.0 Å². The van der Waals surface area contributed by atoms with Gasteiger partial charge in [-0.15, -0.1) is 0 Å². The van der Waals surface area contributed by atoms with Crippen molar-refractivity contribution >= 4 is 22.6 Å². The van der Waals surface area contributed by atoms with E-state index >= 15 is 0 Å². The van der Waals surface area contributed by atoms with E-state index in [1.54, 1.807) is 0 Å². The second-order valence-corrected chi connectivity index (χ2v) is 4.10. The van der Waals surface area contributed by atoms with Gasteiger partial charge in [0.25, 0.3) is 0 Å². The summed E-state index contributed by atoms with van der Waals surface area (Å²) < 4.78 is 0.757. The summed E-state index contributed by atoms with van der Waals surface area (Å²) in [5.41, 5.74) is 0. The molecule has 0 aliphatic carbocycles. The van der Waals surface area contributed by atoms with Crippen molar-refractivity contribution in [1.29, 1.82) is 0 Å². The van der Waals surface area contributed by atoms with Crippen molar-refractivity contribution < 1.29 is 0 Å². The number of nitrogens with zero attached hydrogens (tertiary/aromatic N) is 1.